The highest BCUT2D eigenvalue weighted by molar-refractivity contribution is 4.93. The van der Waals surface area contributed by atoms with E-state index < -0.39 is 0 Å². The molecule has 0 aromatic heterocycles. The van der Waals surface area contributed by atoms with E-state index in [-0.39, 0.29) is 0 Å². The summed E-state index contributed by atoms with van der Waals surface area (Å²) in [4.78, 5) is 2.68. The molecule has 2 atom stereocenters. The average Bonchev–Trinajstić information content (AvgIpc) is 2.38. The molecule has 0 aromatic carbocycles. The molecule has 1 saturated carbocycles. The van der Waals surface area contributed by atoms with Crippen molar-refractivity contribution in [1.82, 2.24) is 4.90 Å². The second kappa shape index (κ2) is 5.73. The summed E-state index contributed by atoms with van der Waals surface area (Å²) < 4.78 is 0. The van der Waals surface area contributed by atoms with Gasteiger partial charge in [-0.05, 0) is 55.5 Å². The van der Waals surface area contributed by atoms with E-state index in [9.17, 15) is 0 Å². The van der Waals surface area contributed by atoms with Gasteiger partial charge >= 0.3 is 0 Å². The Balaban J connectivity index is 1.85. The van der Waals surface area contributed by atoms with Gasteiger partial charge in [-0.1, -0.05) is 40.5 Å². The third-order valence-corrected chi connectivity index (χ3v) is 6.22. The van der Waals surface area contributed by atoms with Crippen molar-refractivity contribution in [3.8, 4) is 0 Å². The van der Waals surface area contributed by atoms with Gasteiger partial charge in [-0.25, -0.2) is 0 Å². The number of hydrogen-bond donors (Lipinski definition) is 1. The summed E-state index contributed by atoms with van der Waals surface area (Å²) in [6.07, 6.45) is 8.08. The van der Waals surface area contributed by atoms with Crippen LogP contribution in [0.2, 0.25) is 0 Å². The van der Waals surface area contributed by atoms with Crippen LogP contribution in [0.4, 0.5) is 0 Å². The van der Waals surface area contributed by atoms with Gasteiger partial charge in [-0.3, -0.25) is 0 Å². The molecule has 1 aliphatic heterocycles. The third kappa shape index (κ3) is 3.52. The van der Waals surface area contributed by atoms with E-state index in [1.165, 1.54) is 58.2 Å². The number of rotatable bonds is 3. The van der Waals surface area contributed by atoms with E-state index >= 15 is 0 Å². The zero-order valence-corrected chi connectivity index (χ0v) is 13.5. The van der Waals surface area contributed by atoms with Crippen molar-refractivity contribution in [3.05, 3.63) is 0 Å². The van der Waals surface area contributed by atoms with Crippen molar-refractivity contribution in [2.45, 2.75) is 72.3 Å². The SMILES string of the molecule is CCC1(C)CCN(CC2CCCC(C)(C)C2N)CC1. The van der Waals surface area contributed by atoms with Crippen molar-refractivity contribution in [2.75, 3.05) is 19.6 Å². The van der Waals surface area contributed by atoms with Gasteiger partial charge in [0.05, 0.1) is 0 Å². The Morgan fingerprint density at radius 3 is 2.32 bits per heavy atom. The quantitative estimate of drug-likeness (QED) is 0.845. The fourth-order valence-electron chi connectivity index (χ4n) is 3.97. The predicted octanol–water partition coefficient (Wildman–Crippen LogP) is 3.65. The third-order valence-electron chi connectivity index (χ3n) is 6.22. The molecule has 19 heavy (non-hydrogen) atoms. The molecule has 2 fully saturated rings. The summed E-state index contributed by atoms with van der Waals surface area (Å²) in [6.45, 7) is 13.3. The van der Waals surface area contributed by atoms with Crippen LogP contribution in [0.1, 0.15) is 66.2 Å². The molecule has 1 heterocycles. The van der Waals surface area contributed by atoms with Crippen molar-refractivity contribution in [3.63, 3.8) is 0 Å². The molecule has 0 aromatic rings. The molecule has 2 unspecified atom stereocenters. The highest BCUT2D eigenvalue weighted by atomic mass is 15.1. The molecule has 0 bridgehead atoms. The number of nitrogens with two attached hydrogens (primary N) is 1. The lowest BCUT2D eigenvalue weighted by atomic mass is 9.68. The van der Waals surface area contributed by atoms with E-state index in [1.807, 2.05) is 0 Å². The maximum absolute atomic E-state index is 6.53. The highest BCUT2D eigenvalue weighted by Gasteiger charge is 2.38. The van der Waals surface area contributed by atoms with Crippen molar-refractivity contribution >= 4 is 0 Å². The van der Waals surface area contributed by atoms with Crippen LogP contribution in [-0.2, 0) is 0 Å². The fraction of sp³-hybridized carbons (Fsp3) is 1.00. The van der Waals surface area contributed by atoms with E-state index in [1.54, 1.807) is 0 Å². The molecule has 1 aliphatic carbocycles. The molecule has 2 heteroatoms. The monoisotopic (exact) mass is 266 g/mol. The van der Waals surface area contributed by atoms with Crippen LogP contribution >= 0.6 is 0 Å². The average molecular weight is 266 g/mol. The van der Waals surface area contributed by atoms with Crippen LogP contribution in [0.5, 0.6) is 0 Å². The summed E-state index contributed by atoms with van der Waals surface area (Å²) >= 11 is 0. The summed E-state index contributed by atoms with van der Waals surface area (Å²) in [5, 5.41) is 0. The van der Waals surface area contributed by atoms with E-state index in [0.717, 1.165) is 5.92 Å². The van der Waals surface area contributed by atoms with Gasteiger partial charge in [-0.2, -0.15) is 0 Å². The van der Waals surface area contributed by atoms with Crippen molar-refractivity contribution < 1.29 is 0 Å². The molecule has 2 rings (SSSR count). The highest BCUT2D eigenvalue weighted by Crippen LogP contribution is 2.39. The van der Waals surface area contributed by atoms with Crippen LogP contribution in [0.25, 0.3) is 0 Å². The van der Waals surface area contributed by atoms with Crippen LogP contribution in [0, 0.1) is 16.7 Å². The van der Waals surface area contributed by atoms with Crippen LogP contribution in [-0.4, -0.2) is 30.6 Å². The van der Waals surface area contributed by atoms with Gasteiger partial charge in [0.1, 0.15) is 0 Å². The Morgan fingerprint density at radius 2 is 1.74 bits per heavy atom. The molecule has 112 valence electrons. The van der Waals surface area contributed by atoms with Gasteiger partial charge in [0, 0.05) is 12.6 Å². The Hall–Kier alpha value is -0.0800. The molecule has 0 amide bonds. The number of likely N-dealkylation sites (tertiary alicyclic amines) is 1. The maximum atomic E-state index is 6.53. The number of nitrogens with zero attached hydrogens (tertiary/aromatic N) is 1. The lowest BCUT2D eigenvalue weighted by Gasteiger charge is -2.45. The normalized spacial score (nSPS) is 35.2. The summed E-state index contributed by atoms with van der Waals surface area (Å²) in [5.74, 6) is 0.717. The molecule has 2 aliphatic rings. The smallest absolute Gasteiger partial charge is 0.0131 e. The van der Waals surface area contributed by atoms with Crippen LogP contribution in [0.15, 0.2) is 0 Å². The molecule has 0 radical (unpaired) electrons. The summed E-state index contributed by atoms with van der Waals surface area (Å²) in [5.41, 5.74) is 7.47. The Labute approximate surface area is 120 Å². The van der Waals surface area contributed by atoms with E-state index in [0.29, 0.717) is 16.9 Å². The minimum absolute atomic E-state index is 0.344. The zero-order chi connectivity index (χ0) is 14.1. The van der Waals surface area contributed by atoms with Gasteiger partial charge < -0.3 is 10.6 Å². The van der Waals surface area contributed by atoms with Gasteiger partial charge in [0.2, 0.25) is 0 Å². The topological polar surface area (TPSA) is 29.3 Å². The first-order valence-corrected chi connectivity index (χ1v) is 8.34. The Bertz CT molecular complexity index is 290. The van der Waals surface area contributed by atoms with Crippen molar-refractivity contribution in [2.24, 2.45) is 22.5 Å². The predicted molar refractivity (Wildman–Crippen MR) is 83.2 cm³/mol. The van der Waals surface area contributed by atoms with Gasteiger partial charge in [0.15, 0.2) is 0 Å². The molecule has 2 N–H and O–H groups in total. The minimum atomic E-state index is 0.344. The van der Waals surface area contributed by atoms with E-state index in [2.05, 4.69) is 32.6 Å². The minimum Gasteiger partial charge on any atom is -0.327 e. The zero-order valence-electron chi connectivity index (χ0n) is 13.5. The largest absolute Gasteiger partial charge is 0.327 e. The standard InChI is InChI=1S/C17H34N2/c1-5-17(4)9-11-19(12-10-17)13-14-7-6-8-16(2,3)15(14)18/h14-15H,5-13,18H2,1-4H3. The summed E-state index contributed by atoms with van der Waals surface area (Å²) in [7, 11) is 0. The van der Waals surface area contributed by atoms with Crippen LogP contribution < -0.4 is 5.73 Å². The molecular formula is C17H34N2. The fourth-order valence-corrected chi connectivity index (χ4v) is 3.97. The van der Waals surface area contributed by atoms with E-state index in [4.69, 9.17) is 5.73 Å². The molecular weight excluding hydrogens is 232 g/mol. The number of piperidine rings is 1. The first-order chi connectivity index (χ1) is 8.86. The first kappa shape index (κ1) is 15.3. The van der Waals surface area contributed by atoms with Gasteiger partial charge in [0.25, 0.3) is 0 Å². The second-order valence-electron chi connectivity index (χ2n) is 8.13. The maximum Gasteiger partial charge on any atom is 0.0131 e. The second-order valence-corrected chi connectivity index (χ2v) is 8.13. The lowest BCUT2D eigenvalue weighted by Crippen LogP contribution is -2.51. The van der Waals surface area contributed by atoms with Crippen molar-refractivity contribution in [1.29, 1.82) is 0 Å². The molecule has 1 saturated heterocycles. The summed E-state index contributed by atoms with van der Waals surface area (Å²) in [6, 6.07) is 0.390. The van der Waals surface area contributed by atoms with Crippen LogP contribution in [0.3, 0.4) is 0 Å². The Morgan fingerprint density at radius 1 is 1.11 bits per heavy atom. The number of hydrogen-bond acceptors (Lipinski definition) is 2. The Kier molecular flexibility index (Phi) is 4.62. The molecule has 0 spiro atoms. The first-order valence-electron chi connectivity index (χ1n) is 8.34. The van der Waals surface area contributed by atoms with Gasteiger partial charge in [-0.15, -0.1) is 0 Å². The lowest BCUT2D eigenvalue weighted by molar-refractivity contribution is 0.0636. The molecule has 2 nitrogen and oxygen atoms in total.